The van der Waals surface area contributed by atoms with Gasteiger partial charge >= 0.3 is 0 Å². The highest BCUT2D eigenvalue weighted by molar-refractivity contribution is 7.92. The highest BCUT2D eigenvalue weighted by atomic mass is 35.5. The van der Waals surface area contributed by atoms with Crippen LogP contribution in [0.1, 0.15) is 5.56 Å². The van der Waals surface area contributed by atoms with E-state index in [1.54, 1.807) is 62.0 Å². The van der Waals surface area contributed by atoms with Gasteiger partial charge in [0.05, 0.1) is 24.2 Å². The molecule has 2 N–H and O–H groups in total. The molecule has 1 aromatic heterocycles. The van der Waals surface area contributed by atoms with Crippen LogP contribution in [0.25, 0.3) is 11.0 Å². The summed E-state index contributed by atoms with van der Waals surface area (Å²) in [5.41, 5.74) is 3.30. The highest BCUT2D eigenvalue weighted by Crippen LogP contribution is 2.26. The fourth-order valence-electron chi connectivity index (χ4n) is 3.62. The number of fused-ring (bicyclic) bond motifs is 1. The average Bonchev–Trinajstić information content (AvgIpc) is 3.20. The molecule has 0 saturated carbocycles. The first-order valence-corrected chi connectivity index (χ1v) is 11.7. The molecule has 1 atom stereocenters. The van der Waals surface area contributed by atoms with Crippen LogP contribution in [0.4, 0.5) is 5.69 Å². The van der Waals surface area contributed by atoms with Crippen molar-refractivity contribution in [2.24, 2.45) is 0 Å². The molecule has 3 aromatic carbocycles. The van der Waals surface area contributed by atoms with Crippen LogP contribution >= 0.6 is 0 Å². The number of imidazole rings is 1. The van der Waals surface area contributed by atoms with Crippen LogP contribution in [0.15, 0.2) is 84.0 Å². The SMILES string of the molecule is COc1ccc(N(CC(O)C[n+]2c[nH]c3ccccc32)S(=O)(=O)c2ccc(C)cc2)cc1.[Cl-]. The molecule has 0 aliphatic carbocycles. The number of rotatable bonds is 8. The van der Waals surface area contributed by atoms with Crippen molar-refractivity contribution in [2.45, 2.75) is 24.5 Å². The number of aromatic amines is 1. The zero-order valence-corrected chi connectivity index (χ0v) is 19.9. The Balaban J connectivity index is 0.00000306. The van der Waals surface area contributed by atoms with Gasteiger partial charge in [-0.25, -0.2) is 18.0 Å². The van der Waals surface area contributed by atoms with Crippen molar-refractivity contribution >= 4 is 26.7 Å². The number of hydrogen-bond donors (Lipinski definition) is 2. The second-order valence-corrected chi connectivity index (χ2v) is 9.51. The fraction of sp³-hybridized carbons (Fsp3) is 0.208. The molecule has 4 rings (SSSR count). The van der Waals surface area contributed by atoms with E-state index >= 15 is 0 Å². The van der Waals surface area contributed by atoms with E-state index in [0.717, 1.165) is 16.6 Å². The van der Waals surface area contributed by atoms with Gasteiger partial charge in [-0.1, -0.05) is 29.8 Å². The van der Waals surface area contributed by atoms with E-state index < -0.39 is 16.1 Å². The van der Waals surface area contributed by atoms with Crippen molar-refractivity contribution in [3.05, 3.63) is 84.7 Å². The zero-order chi connectivity index (χ0) is 22.7. The van der Waals surface area contributed by atoms with Gasteiger partial charge in [-0.05, 0) is 55.5 Å². The number of aliphatic hydroxyl groups excluding tert-OH is 1. The topological polar surface area (TPSA) is 86.5 Å². The molecule has 1 heterocycles. The number of sulfonamides is 1. The summed E-state index contributed by atoms with van der Waals surface area (Å²) in [5, 5.41) is 10.9. The maximum absolute atomic E-state index is 13.5. The van der Waals surface area contributed by atoms with E-state index in [1.165, 1.54) is 4.31 Å². The Morgan fingerprint density at radius 1 is 1.03 bits per heavy atom. The molecule has 0 aliphatic rings. The minimum Gasteiger partial charge on any atom is -1.00 e. The molecule has 1 unspecified atom stereocenters. The lowest BCUT2D eigenvalue weighted by Gasteiger charge is -2.26. The third-order valence-corrected chi connectivity index (χ3v) is 7.15. The molecule has 0 aliphatic heterocycles. The Kier molecular flexibility index (Phi) is 7.63. The van der Waals surface area contributed by atoms with Crippen LogP contribution in [0.2, 0.25) is 0 Å². The van der Waals surface area contributed by atoms with E-state index in [4.69, 9.17) is 4.74 Å². The molecule has 0 saturated heterocycles. The Morgan fingerprint density at radius 3 is 2.36 bits per heavy atom. The van der Waals surface area contributed by atoms with Gasteiger partial charge in [0.25, 0.3) is 10.0 Å². The van der Waals surface area contributed by atoms with E-state index in [9.17, 15) is 13.5 Å². The average molecular weight is 488 g/mol. The third kappa shape index (κ3) is 5.30. The number of aliphatic hydroxyl groups is 1. The molecule has 0 bridgehead atoms. The third-order valence-electron chi connectivity index (χ3n) is 5.34. The number of benzene rings is 3. The smallest absolute Gasteiger partial charge is 0.264 e. The van der Waals surface area contributed by atoms with Gasteiger partial charge in [-0.3, -0.25) is 4.31 Å². The number of aromatic nitrogens is 2. The van der Waals surface area contributed by atoms with Crippen LogP contribution < -0.4 is 26.0 Å². The predicted molar refractivity (Wildman–Crippen MR) is 123 cm³/mol. The predicted octanol–water partition coefficient (Wildman–Crippen LogP) is 0.0328. The van der Waals surface area contributed by atoms with Crippen molar-refractivity contribution in [3.8, 4) is 5.75 Å². The molecule has 0 fully saturated rings. The summed E-state index contributed by atoms with van der Waals surface area (Å²) in [6, 6.07) is 21.2. The Morgan fingerprint density at radius 2 is 1.70 bits per heavy atom. The zero-order valence-electron chi connectivity index (χ0n) is 18.3. The van der Waals surface area contributed by atoms with Crippen molar-refractivity contribution in [1.82, 2.24) is 4.98 Å². The molecule has 0 radical (unpaired) electrons. The Bertz CT molecular complexity index is 1310. The van der Waals surface area contributed by atoms with Crippen LogP contribution in [-0.2, 0) is 16.6 Å². The van der Waals surface area contributed by atoms with Crippen LogP contribution in [-0.4, -0.2) is 38.3 Å². The maximum Gasteiger partial charge on any atom is 0.264 e. The molecule has 9 heteroatoms. The maximum atomic E-state index is 13.5. The molecule has 4 aromatic rings. The van der Waals surface area contributed by atoms with Crippen molar-refractivity contribution in [2.75, 3.05) is 18.0 Å². The number of para-hydroxylation sites is 2. The van der Waals surface area contributed by atoms with Crippen molar-refractivity contribution in [3.63, 3.8) is 0 Å². The lowest BCUT2D eigenvalue weighted by Crippen LogP contribution is -3.00. The Hall–Kier alpha value is -3.07. The number of nitrogens with one attached hydrogen (secondary N) is 1. The number of anilines is 1. The van der Waals surface area contributed by atoms with E-state index in [0.29, 0.717) is 11.4 Å². The lowest BCUT2D eigenvalue weighted by atomic mass is 10.2. The second kappa shape index (κ2) is 10.2. The normalized spacial score (nSPS) is 12.2. The molecule has 174 valence electrons. The van der Waals surface area contributed by atoms with Crippen molar-refractivity contribution in [1.29, 1.82) is 0 Å². The van der Waals surface area contributed by atoms with Crippen LogP contribution in [0.5, 0.6) is 5.75 Å². The van der Waals surface area contributed by atoms with Gasteiger partial charge in [-0.15, -0.1) is 0 Å². The largest absolute Gasteiger partial charge is 1.00 e. The number of halogens is 1. The summed E-state index contributed by atoms with van der Waals surface area (Å²) in [4.78, 5) is 3.33. The monoisotopic (exact) mass is 487 g/mol. The highest BCUT2D eigenvalue weighted by Gasteiger charge is 2.28. The van der Waals surface area contributed by atoms with Gasteiger partial charge < -0.3 is 22.3 Å². The number of ether oxygens (including phenoxy) is 1. The lowest BCUT2D eigenvalue weighted by molar-refractivity contribution is -0.678. The molecular weight excluding hydrogens is 462 g/mol. The van der Waals surface area contributed by atoms with E-state index in [1.807, 2.05) is 35.8 Å². The van der Waals surface area contributed by atoms with E-state index in [2.05, 4.69) is 4.98 Å². The van der Waals surface area contributed by atoms with Crippen LogP contribution in [0, 0.1) is 6.92 Å². The second-order valence-electron chi connectivity index (χ2n) is 7.64. The molecular formula is C24H26ClN3O4S. The molecule has 33 heavy (non-hydrogen) atoms. The number of hydrogen-bond acceptors (Lipinski definition) is 4. The van der Waals surface area contributed by atoms with Gasteiger partial charge in [0.1, 0.15) is 18.4 Å². The van der Waals surface area contributed by atoms with Crippen LogP contribution in [0.3, 0.4) is 0 Å². The molecule has 0 spiro atoms. The fourth-order valence-corrected chi connectivity index (χ4v) is 5.12. The quantitative estimate of drug-likeness (QED) is 0.343. The summed E-state index contributed by atoms with van der Waals surface area (Å²) in [5.74, 6) is 0.622. The van der Waals surface area contributed by atoms with Gasteiger partial charge in [0.2, 0.25) is 6.33 Å². The first kappa shape index (κ1) is 24.6. The minimum atomic E-state index is -3.89. The minimum absolute atomic E-state index is 0. The number of H-pyrrole nitrogens is 1. The number of nitrogens with zero attached hydrogens (tertiary/aromatic N) is 2. The van der Waals surface area contributed by atoms with Crippen molar-refractivity contribution < 1.29 is 35.2 Å². The first-order chi connectivity index (χ1) is 15.4. The number of aryl methyl sites for hydroxylation is 1. The molecule has 0 amide bonds. The standard InChI is InChI=1S/C24H25N3O4S.ClH/c1-18-7-13-22(14-8-18)32(29,30)27(19-9-11-21(31-2)12-10-19)16-20(28)15-26-17-25-23-5-3-4-6-24(23)26;/h3-14,17,20,28H,15-16H2,1-2H3;1H. The summed E-state index contributed by atoms with van der Waals surface area (Å²) in [6.07, 6.45) is 0.835. The van der Waals surface area contributed by atoms with E-state index in [-0.39, 0.29) is 30.4 Å². The van der Waals surface area contributed by atoms with Gasteiger partial charge in [0, 0.05) is 0 Å². The van der Waals surface area contributed by atoms with Gasteiger partial charge in [0.15, 0.2) is 11.0 Å². The summed E-state index contributed by atoms with van der Waals surface area (Å²) in [7, 11) is -2.34. The first-order valence-electron chi connectivity index (χ1n) is 10.3. The summed E-state index contributed by atoms with van der Waals surface area (Å²) >= 11 is 0. The number of methoxy groups -OCH3 is 1. The molecule has 7 nitrogen and oxygen atoms in total. The summed E-state index contributed by atoms with van der Waals surface area (Å²) in [6.45, 7) is 2.04. The summed E-state index contributed by atoms with van der Waals surface area (Å²) < 4.78 is 35.4. The van der Waals surface area contributed by atoms with Gasteiger partial charge in [-0.2, -0.15) is 0 Å². The Labute approximate surface area is 199 Å².